The van der Waals surface area contributed by atoms with Crippen molar-refractivity contribution < 1.29 is 0 Å². The molecular weight excluding hydrogens is 264 g/mol. The minimum Gasteiger partial charge on any atom is -0.320 e. The summed E-state index contributed by atoms with van der Waals surface area (Å²) in [7, 11) is 0. The average Bonchev–Trinajstić information content (AvgIpc) is 2.88. The molecule has 94 valence electrons. The van der Waals surface area contributed by atoms with Crippen LogP contribution in [0, 0.1) is 25.7 Å². The minimum atomic E-state index is 0.105. The van der Waals surface area contributed by atoms with Gasteiger partial charge in [0.1, 0.15) is 0 Å². The molecule has 2 aromatic rings. The molecule has 5 heteroatoms. The first-order valence-electron chi connectivity index (χ1n) is 5.55. The fraction of sp³-hybridized carbons (Fsp3) is 0.308. The summed E-state index contributed by atoms with van der Waals surface area (Å²) in [5, 5.41) is 2.00. The van der Waals surface area contributed by atoms with Gasteiger partial charge in [-0.05, 0) is 19.9 Å². The summed E-state index contributed by atoms with van der Waals surface area (Å²) in [5.74, 6) is 5.82. The molecule has 2 aromatic heterocycles. The van der Waals surface area contributed by atoms with E-state index in [1.165, 1.54) is 11.3 Å². The smallest absolute Gasteiger partial charge is 0.307 e. The highest BCUT2D eigenvalue weighted by atomic mass is 32.1. The Morgan fingerprint density at radius 1 is 1.44 bits per heavy atom. The van der Waals surface area contributed by atoms with Crippen LogP contribution < -0.4 is 10.6 Å². The summed E-state index contributed by atoms with van der Waals surface area (Å²) in [6.45, 7) is 4.96. The number of thiophene rings is 1. The number of rotatable bonds is 2. The van der Waals surface area contributed by atoms with Crippen molar-refractivity contribution in [1.82, 2.24) is 4.57 Å². The zero-order chi connectivity index (χ0) is 13.1. The first-order valence-corrected chi connectivity index (χ1v) is 7.24. The molecule has 0 spiro atoms. The van der Waals surface area contributed by atoms with E-state index < -0.39 is 0 Å². The Kier molecular flexibility index (Phi) is 4.02. The fourth-order valence-electron chi connectivity index (χ4n) is 1.61. The van der Waals surface area contributed by atoms with Crippen LogP contribution in [0.15, 0.2) is 16.2 Å². The quantitative estimate of drug-likeness (QED) is 0.854. The van der Waals surface area contributed by atoms with E-state index in [9.17, 15) is 4.79 Å². The Morgan fingerprint density at radius 3 is 2.83 bits per heavy atom. The SMILES string of the molecule is Cc1sc(=O)n(Cc2cc(C#CCN)cs2)c1C. The van der Waals surface area contributed by atoms with Crippen LogP contribution in [-0.4, -0.2) is 11.1 Å². The Labute approximate surface area is 114 Å². The number of hydrogen-bond acceptors (Lipinski definition) is 4. The highest BCUT2D eigenvalue weighted by molar-refractivity contribution is 7.10. The Hall–Kier alpha value is -1.35. The summed E-state index contributed by atoms with van der Waals surface area (Å²) >= 11 is 2.93. The van der Waals surface area contributed by atoms with Crippen LogP contribution in [-0.2, 0) is 6.54 Å². The number of nitrogens with two attached hydrogens (primary N) is 1. The van der Waals surface area contributed by atoms with Crippen molar-refractivity contribution in [1.29, 1.82) is 0 Å². The molecule has 0 aliphatic rings. The van der Waals surface area contributed by atoms with Crippen molar-refractivity contribution in [3.8, 4) is 11.8 Å². The summed E-state index contributed by atoms with van der Waals surface area (Å²) in [4.78, 5) is 14.1. The van der Waals surface area contributed by atoms with Crippen molar-refractivity contribution in [2.24, 2.45) is 5.73 Å². The maximum atomic E-state index is 11.8. The van der Waals surface area contributed by atoms with Gasteiger partial charge < -0.3 is 5.73 Å². The lowest BCUT2D eigenvalue weighted by Gasteiger charge is -2.01. The van der Waals surface area contributed by atoms with E-state index in [1.807, 2.05) is 29.9 Å². The zero-order valence-corrected chi connectivity index (χ0v) is 12.0. The zero-order valence-electron chi connectivity index (χ0n) is 10.3. The predicted octanol–water partition coefficient (Wildman–Crippen LogP) is 1.95. The van der Waals surface area contributed by atoms with Gasteiger partial charge in [-0.3, -0.25) is 9.36 Å². The number of nitrogens with zero attached hydrogens (tertiary/aromatic N) is 1. The van der Waals surface area contributed by atoms with E-state index in [-0.39, 0.29) is 4.87 Å². The van der Waals surface area contributed by atoms with Crippen LogP contribution in [0.2, 0.25) is 0 Å². The van der Waals surface area contributed by atoms with Gasteiger partial charge in [0.05, 0.1) is 13.1 Å². The van der Waals surface area contributed by atoms with Gasteiger partial charge in [-0.1, -0.05) is 23.2 Å². The van der Waals surface area contributed by atoms with Gasteiger partial charge in [-0.25, -0.2) is 0 Å². The maximum Gasteiger partial charge on any atom is 0.307 e. The highest BCUT2D eigenvalue weighted by Crippen LogP contribution is 2.17. The van der Waals surface area contributed by atoms with Gasteiger partial charge in [-0.15, -0.1) is 11.3 Å². The predicted molar refractivity (Wildman–Crippen MR) is 77.4 cm³/mol. The second-order valence-electron chi connectivity index (χ2n) is 3.90. The molecule has 0 aliphatic heterocycles. The molecular formula is C13H14N2OS2. The van der Waals surface area contributed by atoms with Gasteiger partial charge in [0.2, 0.25) is 0 Å². The summed E-state index contributed by atoms with van der Waals surface area (Å²) in [6.07, 6.45) is 0. The maximum absolute atomic E-state index is 11.8. The molecule has 0 bridgehead atoms. The summed E-state index contributed by atoms with van der Waals surface area (Å²) in [6, 6.07) is 2.02. The summed E-state index contributed by atoms with van der Waals surface area (Å²) < 4.78 is 1.81. The lowest BCUT2D eigenvalue weighted by molar-refractivity contribution is 0.761. The standard InChI is InChI=1S/C13H14N2OS2/c1-9-10(2)18-13(16)15(9)7-12-6-11(8-17-12)4-3-5-14/h6,8H,5,7,14H2,1-2H3. The molecule has 0 fully saturated rings. The van der Waals surface area contributed by atoms with E-state index in [0.717, 1.165) is 21.0 Å². The van der Waals surface area contributed by atoms with Gasteiger partial charge in [-0.2, -0.15) is 0 Å². The topological polar surface area (TPSA) is 48.0 Å². The molecule has 0 radical (unpaired) electrons. The number of aromatic nitrogens is 1. The van der Waals surface area contributed by atoms with Crippen LogP contribution in [0.25, 0.3) is 0 Å². The Morgan fingerprint density at radius 2 is 2.22 bits per heavy atom. The van der Waals surface area contributed by atoms with Crippen LogP contribution in [0.5, 0.6) is 0 Å². The molecule has 3 nitrogen and oxygen atoms in total. The third kappa shape index (κ3) is 2.72. The Bertz CT molecular complexity index is 667. The van der Waals surface area contributed by atoms with Gasteiger partial charge in [0.25, 0.3) is 0 Å². The molecule has 18 heavy (non-hydrogen) atoms. The van der Waals surface area contributed by atoms with Gasteiger partial charge in [0, 0.05) is 26.4 Å². The lowest BCUT2D eigenvalue weighted by Crippen LogP contribution is -2.14. The normalized spacial score (nSPS) is 10.2. The first-order chi connectivity index (χ1) is 8.61. The van der Waals surface area contributed by atoms with Crippen LogP contribution in [0.3, 0.4) is 0 Å². The largest absolute Gasteiger partial charge is 0.320 e. The van der Waals surface area contributed by atoms with Crippen molar-refractivity contribution in [2.75, 3.05) is 6.54 Å². The molecule has 0 unspecified atom stereocenters. The fourth-order valence-corrected chi connectivity index (χ4v) is 3.24. The van der Waals surface area contributed by atoms with E-state index >= 15 is 0 Å². The molecule has 0 aromatic carbocycles. The third-order valence-corrected chi connectivity index (χ3v) is 4.60. The van der Waals surface area contributed by atoms with Crippen LogP contribution in [0.1, 0.15) is 21.0 Å². The number of aryl methyl sites for hydroxylation is 1. The van der Waals surface area contributed by atoms with Crippen molar-refractivity contribution >= 4 is 22.7 Å². The van der Waals surface area contributed by atoms with Crippen LogP contribution >= 0.6 is 22.7 Å². The van der Waals surface area contributed by atoms with Crippen molar-refractivity contribution in [2.45, 2.75) is 20.4 Å². The van der Waals surface area contributed by atoms with Gasteiger partial charge >= 0.3 is 4.87 Å². The lowest BCUT2D eigenvalue weighted by atomic mass is 10.3. The Balaban J connectivity index is 2.24. The van der Waals surface area contributed by atoms with E-state index in [4.69, 9.17) is 5.73 Å². The minimum absolute atomic E-state index is 0.105. The molecule has 0 saturated heterocycles. The molecule has 0 saturated carbocycles. The second-order valence-corrected chi connectivity index (χ2v) is 6.06. The van der Waals surface area contributed by atoms with E-state index in [0.29, 0.717) is 13.1 Å². The summed E-state index contributed by atoms with van der Waals surface area (Å²) in [5.41, 5.74) is 7.35. The number of thiazole rings is 1. The van der Waals surface area contributed by atoms with Gasteiger partial charge in [0.15, 0.2) is 0 Å². The molecule has 2 heterocycles. The third-order valence-electron chi connectivity index (χ3n) is 2.68. The highest BCUT2D eigenvalue weighted by Gasteiger charge is 2.08. The molecule has 0 amide bonds. The number of hydrogen-bond donors (Lipinski definition) is 1. The van der Waals surface area contributed by atoms with E-state index in [2.05, 4.69) is 11.8 Å². The molecule has 2 N–H and O–H groups in total. The average molecular weight is 278 g/mol. The van der Waals surface area contributed by atoms with Crippen molar-refractivity contribution in [3.63, 3.8) is 0 Å². The second kappa shape index (κ2) is 5.53. The van der Waals surface area contributed by atoms with Crippen molar-refractivity contribution in [3.05, 3.63) is 42.1 Å². The molecule has 0 atom stereocenters. The first kappa shape index (κ1) is 13.1. The monoisotopic (exact) mass is 278 g/mol. The van der Waals surface area contributed by atoms with Crippen LogP contribution in [0.4, 0.5) is 0 Å². The van der Waals surface area contributed by atoms with E-state index in [1.54, 1.807) is 11.3 Å². The molecule has 0 aliphatic carbocycles. The molecule has 2 rings (SSSR count).